The van der Waals surface area contributed by atoms with Crippen LogP contribution in [0.5, 0.6) is 0 Å². The minimum atomic E-state index is -1.05. The highest BCUT2D eigenvalue weighted by molar-refractivity contribution is 5.79. The van der Waals surface area contributed by atoms with E-state index in [0.717, 1.165) is 12.8 Å². The molecule has 20 heavy (non-hydrogen) atoms. The average molecular weight is 286 g/mol. The maximum Gasteiger partial charge on any atom is 0.315 e. The predicted octanol–water partition coefficient (Wildman–Crippen LogP) is 3.00. The second kappa shape index (κ2) is 6.95. The number of carboxylic acids is 1. The molecule has 5 heteroatoms. The first-order valence-electron chi connectivity index (χ1n) is 7.22. The van der Waals surface area contributed by atoms with Crippen LogP contribution in [0.2, 0.25) is 0 Å². The summed E-state index contributed by atoms with van der Waals surface area (Å²) < 4.78 is 0. The van der Waals surface area contributed by atoms with Crippen LogP contribution >= 0.6 is 0 Å². The molecule has 0 spiro atoms. The van der Waals surface area contributed by atoms with E-state index in [0.29, 0.717) is 5.92 Å². The third-order valence-corrected chi connectivity index (χ3v) is 4.08. The molecular formula is C15H30N2O3. The fourth-order valence-corrected chi connectivity index (χ4v) is 1.62. The Balaban J connectivity index is 4.49. The van der Waals surface area contributed by atoms with Crippen molar-refractivity contribution in [1.82, 2.24) is 10.6 Å². The molecule has 118 valence electrons. The Hall–Kier alpha value is -1.26. The van der Waals surface area contributed by atoms with E-state index in [9.17, 15) is 14.7 Å². The van der Waals surface area contributed by atoms with Crippen LogP contribution < -0.4 is 10.6 Å². The number of carbonyl (C=O) groups is 2. The predicted molar refractivity (Wildman–Crippen MR) is 80.7 cm³/mol. The van der Waals surface area contributed by atoms with E-state index >= 15 is 0 Å². The quantitative estimate of drug-likeness (QED) is 0.673. The fraction of sp³-hybridized carbons (Fsp3) is 0.867. The lowest BCUT2D eigenvalue weighted by atomic mass is 9.74. The van der Waals surface area contributed by atoms with Crippen molar-refractivity contribution < 1.29 is 14.7 Å². The number of carboxylic acid groups (broad SMARTS) is 1. The van der Waals surface area contributed by atoms with Gasteiger partial charge in [-0.1, -0.05) is 13.8 Å². The minimum Gasteiger partial charge on any atom is -0.481 e. The number of amides is 2. The van der Waals surface area contributed by atoms with E-state index in [1.807, 2.05) is 6.92 Å². The molecule has 0 rings (SSSR count). The van der Waals surface area contributed by atoms with Gasteiger partial charge >= 0.3 is 12.0 Å². The highest BCUT2D eigenvalue weighted by Crippen LogP contribution is 2.30. The molecule has 1 unspecified atom stereocenters. The number of nitrogens with one attached hydrogen (secondary N) is 2. The molecule has 0 fully saturated rings. The molecule has 0 aliphatic heterocycles. The van der Waals surface area contributed by atoms with Gasteiger partial charge < -0.3 is 15.7 Å². The number of hydrogen-bond acceptors (Lipinski definition) is 2. The summed E-state index contributed by atoms with van der Waals surface area (Å²) in [6.45, 7) is 12.9. The summed E-state index contributed by atoms with van der Waals surface area (Å²) in [5.41, 5.74) is -1.90. The topological polar surface area (TPSA) is 78.4 Å². The van der Waals surface area contributed by atoms with Gasteiger partial charge in [0.25, 0.3) is 0 Å². The highest BCUT2D eigenvalue weighted by Gasteiger charge is 2.44. The van der Waals surface area contributed by atoms with Crippen LogP contribution in [-0.2, 0) is 4.79 Å². The molecule has 0 aliphatic carbocycles. The Bertz CT molecular complexity index is 349. The van der Waals surface area contributed by atoms with E-state index < -0.39 is 16.9 Å². The van der Waals surface area contributed by atoms with Crippen LogP contribution in [0.25, 0.3) is 0 Å². The van der Waals surface area contributed by atoms with Crippen LogP contribution in [0.15, 0.2) is 0 Å². The summed E-state index contributed by atoms with van der Waals surface area (Å²) in [4.78, 5) is 23.2. The SMILES string of the molecule is CC(C)CCC(C)NC(=O)NC(C)(C)C(C)(C)C(=O)O. The van der Waals surface area contributed by atoms with Crippen molar-refractivity contribution in [2.45, 2.75) is 72.9 Å². The Morgan fingerprint density at radius 3 is 1.95 bits per heavy atom. The summed E-state index contributed by atoms with van der Waals surface area (Å²) in [7, 11) is 0. The molecule has 3 N–H and O–H groups in total. The zero-order valence-electron chi connectivity index (χ0n) is 13.8. The van der Waals surface area contributed by atoms with Gasteiger partial charge in [-0.15, -0.1) is 0 Å². The van der Waals surface area contributed by atoms with Crippen molar-refractivity contribution in [3.8, 4) is 0 Å². The normalized spacial score (nSPS) is 14.0. The van der Waals surface area contributed by atoms with E-state index in [4.69, 9.17) is 0 Å². The minimum absolute atomic E-state index is 0.0705. The standard InChI is InChI=1S/C15H30N2O3/c1-10(2)8-9-11(3)16-13(20)17-15(6,7)14(4,5)12(18)19/h10-11H,8-9H2,1-7H3,(H,18,19)(H2,16,17,20). The second-order valence-electron chi connectivity index (χ2n) is 7.03. The molecule has 1 atom stereocenters. The van der Waals surface area contributed by atoms with Gasteiger partial charge in [0, 0.05) is 6.04 Å². The molecule has 0 radical (unpaired) electrons. The lowest BCUT2D eigenvalue weighted by molar-refractivity contribution is -0.150. The van der Waals surface area contributed by atoms with Crippen molar-refractivity contribution in [2.24, 2.45) is 11.3 Å². The molecule has 0 saturated carbocycles. The number of carbonyl (C=O) groups excluding carboxylic acids is 1. The van der Waals surface area contributed by atoms with E-state index in [2.05, 4.69) is 24.5 Å². The van der Waals surface area contributed by atoms with Crippen LogP contribution in [0.1, 0.15) is 61.3 Å². The number of rotatable bonds is 7. The van der Waals surface area contributed by atoms with Crippen molar-refractivity contribution in [1.29, 1.82) is 0 Å². The summed E-state index contributed by atoms with van der Waals surface area (Å²) in [5.74, 6) is -0.333. The maximum atomic E-state index is 12.0. The largest absolute Gasteiger partial charge is 0.481 e. The summed E-state index contributed by atoms with van der Waals surface area (Å²) in [6.07, 6.45) is 1.96. The first-order chi connectivity index (χ1) is 8.90. The monoisotopic (exact) mass is 286 g/mol. The number of urea groups is 1. The van der Waals surface area contributed by atoms with Crippen LogP contribution in [0.4, 0.5) is 4.79 Å². The van der Waals surface area contributed by atoms with Gasteiger partial charge in [0.15, 0.2) is 0 Å². The molecular weight excluding hydrogens is 256 g/mol. The van der Waals surface area contributed by atoms with Gasteiger partial charge in [-0.25, -0.2) is 4.79 Å². The smallest absolute Gasteiger partial charge is 0.315 e. The third-order valence-electron chi connectivity index (χ3n) is 4.08. The summed E-state index contributed by atoms with van der Waals surface area (Å²) >= 11 is 0. The Morgan fingerprint density at radius 1 is 1.05 bits per heavy atom. The van der Waals surface area contributed by atoms with Crippen LogP contribution in [-0.4, -0.2) is 28.7 Å². The van der Waals surface area contributed by atoms with Gasteiger partial charge in [0.2, 0.25) is 0 Å². The average Bonchev–Trinajstić information content (AvgIpc) is 2.24. The summed E-state index contributed by atoms with van der Waals surface area (Å²) in [6, 6.07) is -0.248. The summed E-state index contributed by atoms with van der Waals surface area (Å²) in [5, 5.41) is 14.9. The zero-order valence-corrected chi connectivity index (χ0v) is 13.8. The van der Waals surface area contributed by atoms with Crippen molar-refractivity contribution >= 4 is 12.0 Å². The van der Waals surface area contributed by atoms with Crippen molar-refractivity contribution in [3.05, 3.63) is 0 Å². The molecule has 2 amide bonds. The van der Waals surface area contributed by atoms with Gasteiger partial charge in [-0.05, 0) is 53.4 Å². The van der Waals surface area contributed by atoms with E-state index in [1.54, 1.807) is 27.7 Å². The molecule has 5 nitrogen and oxygen atoms in total. The first kappa shape index (κ1) is 18.7. The second-order valence-corrected chi connectivity index (χ2v) is 7.03. The number of hydrogen-bond donors (Lipinski definition) is 3. The lowest BCUT2D eigenvalue weighted by Gasteiger charge is -2.39. The zero-order chi connectivity index (χ0) is 16.1. The van der Waals surface area contributed by atoms with Crippen molar-refractivity contribution in [2.75, 3.05) is 0 Å². The molecule has 0 heterocycles. The molecule has 0 aliphatic rings. The fourth-order valence-electron chi connectivity index (χ4n) is 1.62. The van der Waals surface area contributed by atoms with Crippen LogP contribution in [0, 0.1) is 11.3 Å². The van der Waals surface area contributed by atoms with Gasteiger partial charge in [-0.3, -0.25) is 4.79 Å². The third kappa shape index (κ3) is 5.39. The lowest BCUT2D eigenvalue weighted by Crippen LogP contribution is -2.59. The van der Waals surface area contributed by atoms with Gasteiger partial charge in [0.05, 0.1) is 11.0 Å². The molecule has 0 aromatic heterocycles. The Labute approximate surface area is 122 Å². The first-order valence-corrected chi connectivity index (χ1v) is 7.22. The molecule has 0 bridgehead atoms. The van der Waals surface area contributed by atoms with Crippen LogP contribution in [0.3, 0.4) is 0 Å². The number of aliphatic carboxylic acids is 1. The van der Waals surface area contributed by atoms with Gasteiger partial charge in [-0.2, -0.15) is 0 Å². The van der Waals surface area contributed by atoms with E-state index in [1.165, 1.54) is 0 Å². The van der Waals surface area contributed by atoms with E-state index in [-0.39, 0.29) is 12.1 Å². The Kier molecular flexibility index (Phi) is 6.51. The van der Waals surface area contributed by atoms with Crippen molar-refractivity contribution in [3.63, 3.8) is 0 Å². The van der Waals surface area contributed by atoms with Gasteiger partial charge in [0.1, 0.15) is 0 Å². The molecule has 0 aromatic rings. The molecule has 0 aromatic carbocycles. The Morgan fingerprint density at radius 2 is 1.55 bits per heavy atom. The maximum absolute atomic E-state index is 12.0. The molecule has 0 saturated heterocycles. The highest BCUT2D eigenvalue weighted by atomic mass is 16.4.